The maximum Gasteiger partial charge on any atom is 0.317 e. The maximum absolute atomic E-state index is 12.2. The summed E-state index contributed by atoms with van der Waals surface area (Å²) >= 11 is 0. The fourth-order valence-corrected chi connectivity index (χ4v) is 2.29. The van der Waals surface area contributed by atoms with Crippen LogP contribution in [0.5, 0.6) is 0 Å². The van der Waals surface area contributed by atoms with Crippen LogP contribution in [0.3, 0.4) is 0 Å². The first-order valence-electron chi connectivity index (χ1n) is 7.97. The molecular formula is C16H30N2O3. The third-order valence-electron chi connectivity index (χ3n) is 4.13. The molecule has 0 unspecified atom stereocenters. The second-order valence-electron chi connectivity index (χ2n) is 7.23. The zero-order valence-electron chi connectivity index (χ0n) is 13.8. The number of rotatable bonds is 9. The summed E-state index contributed by atoms with van der Waals surface area (Å²) < 4.78 is 0. The van der Waals surface area contributed by atoms with Crippen molar-refractivity contribution in [3.63, 3.8) is 0 Å². The van der Waals surface area contributed by atoms with E-state index in [2.05, 4.69) is 5.32 Å². The highest BCUT2D eigenvalue weighted by atomic mass is 16.4. The van der Waals surface area contributed by atoms with E-state index in [0.717, 1.165) is 13.0 Å². The number of carbonyl (C=O) groups excluding carboxylic acids is 1. The van der Waals surface area contributed by atoms with Crippen LogP contribution in [0.1, 0.15) is 59.8 Å². The summed E-state index contributed by atoms with van der Waals surface area (Å²) in [7, 11) is 0. The number of hydrogen-bond donors (Lipinski definition) is 2. The van der Waals surface area contributed by atoms with Gasteiger partial charge in [0.05, 0.1) is 0 Å². The van der Waals surface area contributed by atoms with Crippen LogP contribution in [0.2, 0.25) is 0 Å². The molecule has 1 aliphatic rings. The predicted molar refractivity (Wildman–Crippen MR) is 83.2 cm³/mol. The number of urea groups is 1. The van der Waals surface area contributed by atoms with Gasteiger partial charge in [0.25, 0.3) is 0 Å². The van der Waals surface area contributed by atoms with Crippen molar-refractivity contribution in [2.45, 2.75) is 65.8 Å². The van der Waals surface area contributed by atoms with Crippen LogP contribution in [-0.4, -0.2) is 41.1 Å². The number of carboxylic acid groups (broad SMARTS) is 1. The molecule has 1 rings (SSSR count). The van der Waals surface area contributed by atoms with Crippen LogP contribution >= 0.6 is 0 Å². The molecule has 0 heterocycles. The molecule has 122 valence electrons. The Kier molecular flexibility index (Phi) is 6.49. The molecular weight excluding hydrogens is 268 g/mol. The minimum atomic E-state index is -0.762. The fraction of sp³-hybridized carbons (Fsp3) is 0.875. The summed E-state index contributed by atoms with van der Waals surface area (Å²) in [5.41, 5.74) is -0.0647. The van der Waals surface area contributed by atoms with E-state index < -0.39 is 5.97 Å². The summed E-state index contributed by atoms with van der Waals surface area (Å²) in [4.78, 5) is 24.7. The van der Waals surface area contributed by atoms with Crippen molar-refractivity contribution in [3.05, 3.63) is 0 Å². The first-order chi connectivity index (χ1) is 9.71. The summed E-state index contributed by atoms with van der Waals surface area (Å²) in [6.45, 7) is 9.63. The Morgan fingerprint density at radius 3 is 2.38 bits per heavy atom. The average Bonchev–Trinajstić information content (AvgIpc) is 3.17. The summed E-state index contributed by atoms with van der Waals surface area (Å²) in [5, 5.41) is 11.7. The van der Waals surface area contributed by atoms with Gasteiger partial charge in [-0.3, -0.25) is 4.79 Å². The first-order valence-corrected chi connectivity index (χ1v) is 7.97. The van der Waals surface area contributed by atoms with Gasteiger partial charge in [-0.25, -0.2) is 4.79 Å². The highest BCUT2D eigenvalue weighted by molar-refractivity contribution is 5.74. The molecule has 0 bridgehead atoms. The van der Waals surface area contributed by atoms with Gasteiger partial charge in [-0.15, -0.1) is 0 Å². The van der Waals surface area contributed by atoms with Crippen molar-refractivity contribution >= 4 is 12.0 Å². The number of hydrogen-bond acceptors (Lipinski definition) is 2. The maximum atomic E-state index is 12.2. The van der Waals surface area contributed by atoms with Gasteiger partial charge in [0.1, 0.15) is 0 Å². The lowest BCUT2D eigenvalue weighted by atomic mass is 9.84. The Morgan fingerprint density at radius 2 is 1.90 bits per heavy atom. The normalized spacial score (nSPS) is 15.1. The van der Waals surface area contributed by atoms with Crippen molar-refractivity contribution in [2.24, 2.45) is 11.3 Å². The molecule has 0 aromatic heterocycles. The van der Waals surface area contributed by atoms with E-state index in [1.165, 1.54) is 12.8 Å². The zero-order chi connectivity index (χ0) is 16.0. The van der Waals surface area contributed by atoms with E-state index in [4.69, 9.17) is 5.11 Å². The SMILES string of the molecule is CC(C)N(CC1CC1)C(=O)NCCC(C)(C)CCC(=O)O. The molecule has 1 fully saturated rings. The Balaban J connectivity index is 2.31. The van der Waals surface area contributed by atoms with E-state index in [1.807, 2.05) is 32.6 Å². The van der Waals surface area contributed by atoms with Gasteiger partial charge in [-0.2, -0.15) is 0 Å². The van der Waals surface area contributed by atoms with Gasteiger partial charge >= 0.3 is 12.0 Å². The molecule has 1 aliphatic carbocycles. The summed E-state index contributed by atoms with van der Waals surface area (Å²) in [5.74, 6) is -0.0762. The van der Waals surface area contributed by atoms with Crippen LogP contribution in [0.15, 0.2) is 0 Å². The summed E-state index contributed by atoms with van der Waals surface area (Å²) in [6, 6.07) is 0.219. The van der Waals surface area contributed by atoms with Gasteiger partial charge in [-0.1, -0.05) is 13.8 Å². The third kappa shape index (κ3) is 7.34. The second-order valence-corrected chi connectivity index (χ2v) is 7.23. The molecule has 0 radical (unpaired) electrons. The minimum absolute atomic E-state index is 0.00549. The quantitative estimate of drug-likeness (QED) is 0.687. The lowest BCUT2D eigenvalue weighted by Crippen LogP contribution is -2.45. The Hall–Kier alpha value is -1.26. The number of nitrogens with one attached hydrogen (secondary N) is 1. The molecule has 21 heavy (non-hydrogen) atoms. The Labute approximate surface area is 128 Å². The Morgan fingerprint density at radius 1 is 1.29 bits per heavy atom. The molecule has 0 spiro atoms. The van der Waals surface area contributed by atoms with E-state index in [-0.39, 0.29) is 23.9 Å². The smallest absolute Gasteiger partial charge is 0.317 e. The Bertz CT molecular complexity index is 363. The molecule has 5 heteroatoms. The van der Waals surface area contributed by atoms with Gasteiger partial charge in [0, 0.05) is 25.6 Å². The number of amides is 2. The van der Waals surface area contributed by atoms with Crippen molar-refractivity contribution in [1.29, 1.82) is 0 Å². The number of aliphatic carboxylic acids is 1. The number of carboxylic acids is 1. The number of nitrogens with zero attached hydrogens (tertiary/aromatic N) is 1. The van der Waals surface area contributed by atoms with Gasteiger partial charge in [0.15, 0.2) is 0 Å². The molecule has 2 amide bonds. The van der Waals surface area contributed by atoms with Crippen molar-refractivity contribution < 1.29 is 14.7 Å². The van der Waals surface area contributed by atoms with Crippen molar-refractivity contribution in [3.8, 4) is 0 Å². The van der Waals surface area contributed by atoms with Crippen molar-refractivity contribution in [1.82, 2.24) is 10.2 Å². The molecule has 0 atom stereocenters. The number of carbonyl (C=O) groups is 2. The second kappa shape index (κ2) is 7.66. The standard InChI is InChI=1S/C16H30N2O3/c1-12(2)18(11-13-5-6-13)15(21)17-10-9-16(3,4)8-7-14(19)20/h12-13H,5-11H2,1-4H3,(H,17,21)(H,19,20). The topological polar surface area (TPSA) is 69.6 Å². The fourth-order valence-electron chi connectivity index (χ4n) is 2.29. The zero-order valence-corrected chi connectivity index (χ0v) is 13.8. The van der Waals surface area contributed by atoms with Crippen LogP contribution in [0, 0.1) is 11.3 Å². The van der Waals surface area contributed by atoms with Gasteiger partial charge in [0.2, 0.25) is 0 Å². The van der Waals surface area contributed by atoms with E-state index >= 15 is 0 Å². The molecule has 0 saturated heterocycles. The van der Waals surface area contributed by atoms with E-state index in [9.17, 15) is 9.59 Å². The molecule has 0 aliphatic heterocycles. The molecule has 5 nitrogen and oxygen atoms in total. The third-order valence-corrected chi connectivity index (χ3v) is 4.13. The van der Waals surface area contributed by atoms with Crippen LogP contribution in [0.4, 0.5) is 4.79 Å². The highest BCUT2D eigenvalue weighted by Gasteiger charge is 2.28. The van der Waals surface area contributed by atoms with Crippen molar-refractivity contribution in [2.75, 3.05) is 13.1 Å². The minimum Gasteiger partial charge on any atom is -0.481 e. The van der Waals surface area contributed by atoms with Crippen LogP contribution in [-0.2, 0) is 4.79 Å². The largest absolute Gasteiger partial charge is 0.481 e. The predicted octanol–water partition coefficient (Wildman–Crippen LogP) is 3.10. The van der Waals surface area contributed by atoms with Gasteiger partial charge < -0.3 is 15.3 Å². The highest BCUT2D eigenvalue weighted by Crippen LogP contribution is 2.30. The lowest BCUT2D eigenvalue weighted by molar-refractivity contribution is -0.137. The molecule has 0 aromatic carbocycles. The monoisotopic (exact) mass is 298 g/mol. The van der Waals surface area contributed by atoms with Crippen LogP contribution in [0.25, 0.3) is 0 Å². The van der Waals surface area contributed by atoms with Crippen LogP contribution < -0.4 is 5.32 Å². The summed E-state index contributed by atoms with van der Waals surface area (Å²) in [6.07, 6.45) is 4.08. The van der Waals surface area contributed by atoms with Gasteiger partial charge in [-0.05, 0) is 50.9 Å². The lowest BCUT2D eigenvalue weighted by Gasteiger charge is -2.28. The molecule has 2 N–H and O–H groups in total. The first kappa shape index (κ1) is 17.8. The molecule has 1 saturated carbocycles. The average molecular weight is 298 g/mol. The molecule has 0 aromatic rings. The van der Waals surface area contributed by atoms with E-state index in [1.54, 1.807) is 0 Å². The van der Waals surface area contributed by atoms with E-state index in [0.29, 0.717) is 18.9 Å².